The van der Waals surface area contributed by atoms with Crippen molar-refractivity contribution in [3.63, 3.8) is 0 Å². The fourth-order valence-corrected chi connectivity index (χ4v) is 2.77. The third kappa shape index (κ3) is 4.23. The molecular formula is C21H22N4O2. The lowest BCUT2D eigenvalue weighted by atomic mass is 10.1. The molecule has 0 bridgehead atoms. The van der Waals surface area contributed by atoms with E-state index in [2.05, 4.69) is 20.8 Å². The summed E-state index contributed by atoms with van der Waals surface area (Å²) >= 11 is 0. The van der Waals surface area contributed by atoms with Crippen LogP contribution in [-0.4, -0.2) is 23.2 Å². The SMILES string of the molecule is COc1ccc(C)cc1NC(=O)c1ccc(Nc2c(C)cccc2C)nn1. The predicted molar refractivity (Wildman–Crippen MR) is 107 cm³/mol. The van der Waals surface area contributed by atoms with Crippen LogP contribution in [0, 0.1) is 20.8 Å². The second kappa shape index (κ2) is 7.86. The highest BCUT2D eigenvalue weighted by molar-refractivity contribution is 6.03. The van der Waals surface area contributed by atoms with Gasteiger partial charge >= 0.3 is 0 Å². The van der Waals surface area contributed by atoms with Crippen molar-refractivity contribution in [2.45, 2.75) is 20.8 Å². The lowest BCUT2D eigenvalue weighted by Crippen LogP contribution is -2.15. The van der Waals surface area contributed by atoms with Crippen LogP contribution in [0.1, 0.15) is 27.2 Å². The molecule has 0 saturated heterocycles. The number of carbonyl (C=O) groups excluding carboxylic acids is 1. The summed E-state index contributed by atoms with van der Waals surface area (Å²) in [5, 5.41) is 14.2. The number of aromatic nitrogens is 2. The Morgan fingerprint density at radius 3 is 2.33 bits per heavy atom. The summed E-state index contributed by atoms with van der Waals surface area (Å²) in [7, 11) is 1.56. The Labute approximate surface area is 158 Å². The lowest BCUT2D eigenvalue weighted by molar-refractivity contribution is 0.102. The minimum Gasteiger partial charge on any atom is -0.495 e. The molecule has 0 radical (unpaired) electrons. The van der Waals surface area contributed by atoms with Gasteiger partial charge in [-0.25, -0.2) is 0 Å². The van der Waals surface area contributed by atoms with Crippen molar-refractivity contribution in [3.05, 3.63) is 70.9 Å². The van der Waals surface area contributed by atoms with Crippen LogP contribution in [0.25, 0.3) is 0 Å². The van der Waals surface area contributed by atoms with Gasteiger partial charge in [-0.15, -0.1) is 10.2 Å². The van der Waals surface area contributed by atoms with Crippen molar-refractivity contribution in [2.24, 2.45) is 0 Å². The number of amides is 1. The molecule has 2 aromatic carbocycles. The average molecular weight is 362 g/mol. The van der Waals surface area contributed by atoms with Crippen LogP contribution in [0.4, 0.5) is 17.2 Å². The summed E-state index contributed by atoms with van der Waals surface area (Å²) in [6.45, 7) is 6.00. The van der Waals surface area contributed by atoms with Crippen molar-refractivity contribution < 1.29 is 9.53 Å². The number of para-hydroxylation sites is 1. The first-order valence-electron chi connectivity index (χ1n) is 8.61. The second-order valence-electron chi connectivity index (χ2n) is 6.35. The summed E-state index contributed by atoms with van der Waals surface area (Å²) in [5.41, 5.74) is 5.07. The van der Waals surface area contributed by atoms with Gasteiger partial charge in [0.1, 0.15) is 5.75 Å². The zero-order chi connectivity index (χ0) is 19.4. The summed E-state index contributed by atoms with van der Waals surface area (Å²) in [6.07, 6.45) is 0. The molecule has 0 aliphatic carbocycles. The molecular weight excluding hydrogens is 340 g/mol. The normalized spacial score (nSPS) is 10.4. The number of benzene rings is 2. The third-order valence-corrected chi connectivity index (χ3v) is 4.23. The van der Waals surface area contributed by atoms with Crippen LogP contribution >= 0.6 is 0 Å². The zero-order valence-electron chi connectivity index (χ0n) is 15.8. The molecule has 6 nitrogen and oxygen atoms in total. The number of nitrogens with one attached hydrogen (secondary N) is 2. The highest BCUT2D eigenvalue weighted by Gasteiger charge is 2.12. The summed E-state index contributed by atoms with van der Waals surface area (Å²) in [6, 6.07) is 15.0. The number of anilines is 3. The van der Waals surface area contributed by atoms with Crippen molar-refractivity contribution >= 4 is 23.1 Å². The minimum atomic E-state index is -0.343. The van der Waals surface area contributed by atoms with E-state index >= 15 is 0 Å². The Morgan fingerprint density at radius 1 is 0.963 bits per heavy atom. The lowest BCUT2D eigenvalue weighted by Gasteiger charge is -2.12. The first kappa shape index (κ1) is 18.4. The molecule has 3 rings (SSSR count). The fourth-order valence-electron chi connectivity index (χ4n) is 2.77. The van der Waals surface area contributed by atoms with E-state index in [1.54, 1.807) is 19.2 Å². The number of methoxy groups -OCH3 is 1. The van der Waals surface area contributed by atoms with Gasteiger partial charge in [0.2, 0.25) is 0 Å². The molecule has 1 heterocycles. The van der Waals surface area contributed by atoms with E-state index in [1.807, 2.05) is 57.2 Å². The third-order valence-electron chi connectivity index (χ3n) is 4.23. The molecule has 138 valence electrons. The smallest absolute Gasteiger partial charge is 0.276 e. The first-order valence-corrected chi connectivity index (χ1v) is 8.61. The highest BCUT2D eigenvalue weighted by atomic mass is 16.5. The van der Waals surface area contributed by atoms with Gasteiger partial charge in [0.15, 0.2) is 11.5 Å². The van der Waals surface area contributed by atoms with Crippen LogP contribution in [-0.2, 0) is 0 Å². The van der Waals surface area contributed by atoms with E-state index in [0.29, 0.717) is 17.3 Å². The van der Waals surface area contributed by atoms with Gasteiger partial charge in [0, 0.05) is 5.69 Å². The molecule has 0 atom stereocenters. The summed E-state index contributed by atoms with van der Waals surface area (Å²) in [5.74, 6) is 0.831. The molecule has 1 amide bonds. The number of rotatable bonds is 5. The van der Waals surface area contributed by atoms with Crippen molar-refractivity contribution in [3.8, 4) is 5.75 Å². The van der Waals surface area contributed by atoms with Crippen LogP contribution in [0.3, 0.4) is 0 Å². The number of hydrogen-bond donors (Lipinski definition) is 2. The van der Waals surface area contributed by atoms with Gasteiger partial charge in [-0.2, -0.15) is 0 Å². The van der Waals surface area contributed by atoms with Gasteiger partial charge in [-0.05, 0) is 61.7 Å². The van der Waals surface area contributed by atoms with E-state index in [-0.39, 0.29) is 11.6 Å². The Bertz CT molecular complexity index is 948. The molecule has 0 fully saturated rings. The van der Waals surface area contributed by atoms with E-state index in [0.717, 1.165) is 22.4 Å². The molecule has 27 heavy (non-hydrogen) atoms. The maximum absolute atomic E-state index is 12.5. The predicted octanol–water partition coefficient (Wildman–Crippen LogP) is 4.41. The first-order chi connectivity index (χ1) is 13.0. The van der Waals surface area contributed by atoms with Gasteiger partial charge in [-0.3, -0.25) is 4.79 Å². The molecule has 0 saturated carbocycles. The molecule has 0 unspecified atom stereocenters. The fraction of sp³-hybridized carbons (Fsp3) is 0.190. The van der Waals surface area contributed by atoms with Crippen LogP contribution in [0.5, 0.6) is 5.75 Å². The molecule has 1 aromatic heterocycles. The topological polar surface area (TPSA) is 76.1 Å². The molecule has 0 spiro atoms. The van der Waals surface area contributed by atoms with Gasteiger partial charge in [0.05, 0.1) is 12.8 Å². The van der Waals surface area contributed by atoms with E-state index in [1.165, 1.54) is 0 Å². The molecule has 2 N–H and O–H groups in total. The Morgan fingerprint density at radius 2 is 1.70 bits per heavy atom. The standard InChI is InChI=1S/C21H22N4O2/c1-13-8-10-18(27-4)17(12-13)22-21(26)16-9-11-19(25-24-16)23-20-14(2)6-5-7-15(20)3/h5-12H,1-4H3,(H,22,26)(H,23,25). The molecule has 0 aliphatic rings. The van der Waals surface area contributed by atoms with E-state index in [4.69, 9.17) is 4.74 Å². The number of hydrogen-bond acceptors (Lipinski definition) is 5. The highest BCUT2D eigenvalue weighted by Crippen LogP contribution is 2.26. The second-order valence-corrected chi connectivity index (χ2v) is 6.35. The summed E-state index contributed by atoms with van der Waals surface area (Å²) in [4.78, 5) is 12.5. The van der Waals surface area contributed by atoms with Gasteiger partial charge < -0.3 is 15.4 Å². The quantitative estimate of drug-likeness (QED) is 0.703. The zero-order valence-corrected chi connectivity index (χ0v) is 15.8. The maximum atomic E-state index is 12.5. The number of carbonyl (C=O) groups is 1. The Balaban J connectivity index is 1.75. The molecule has 6 heteroatoms. The number of nitrogens with zero attached hydrogens (tertiary/aromatic N) is 2. The van der Waals surface area contributed by atoms with Crippen molar-refractivity contribution in [1.29, 1.82) is 0 Å². The Hall–Kier alpha value is -3.41. The van der Waals surface area contributed by atoms with Gasteiger partial charge in [0.25, 0.3) is 5.91 Å². The Kier molecular flexibility index (Phi) is 5.35. The van der Waals surface area contributed by atoms with E-state index < -0.39 is 0 Å². The van der Waals surface area contributed by atoms with Gasteiger partial charge in [-0.1, -0.05) is 24.3 Å². The maximum Gasteiger partial charge on any atom is 0.276 e. The van der Waals surface area contributed by atoms with Crippen LogP contribution < -0.4 is 15.4 Å². The average Bonchev–Trinajstić information content (AvgIpc) is 2.65. The number of aryl methyl sites for hydroxylation is 3. The molecule has 0 aliphatic heterocycles. The number of ether oxygens (including phenoxy) is 1. The minimum absolute atomic E-state index is 0.227. The molecule has 3 aromatic rings. The largest absolute Gasteiger partial charge is 0.495 e. The monoisotopic (exact) mass is 362 g/mol. The van der Waals surface area contributed by atoms with Crippen LogP contribution in [0.2, 0.25) is 0 Å². The van der Waals surface area contributed by atoms with Crippen molar-refractivity contribution in [2.75, 3.05) is 17.7 Å². The van der Waals surface area contributed by atoms with Crippen molar-refractivity contribution in [1.82, 2.24) is 10.2 Å². The summed E-state index contributed by atoms with van der Waals surface area (Å²) < 4.78 is 5.28. The van der Waals surface area contributed by atoms with E-state index in [9.17, 15) is 4.79 Å². The van der Waals surface area contributed by atoms with Crippen LogP contribution in [0.15, 0.2) is 48.5 Å².